The molecule has 0 bridgehead atoms. The van der Waals surface area contributed by atoms with Crippen molar-refractivity contribution >= 4 is 5.69 Å². The number of ether oxygens (including phenoxy) is 1. The molecular formula is C16H25NO2. The number of benzene rings is 1. The number of nitrogens with zero attached hydrogens (tertiary/aromatic N) is 1. The summed E-state index contributed by atoms with van der Waals surface area (Å²) in [5, 5.41) is 10.1. The lowest BCUT2D eigenvalue weighted by Crippen LogP contribution is -2.33. The molecule has 1 fully saturated rings. The molecule has 3 nitrogen and oxygen atoms in total. The van der Waals surface area contributed by atoms with Crippen molar-refractivity contribution in [2.45, 2.75) is 51.7 Å². The van der Waals surface area contributed by atoms with Gasteiger partial charge in [-0.1, -0.05) is 18.9 Å². The number of rotatable bonds is 3. The molecule has 0 amide bonds. The molecule has 0 saturated carbocycles. The lowest BCUT2D eigenvalue weighted by Gasteiger charge is -2.32. The van der Waals surface area contributed by atoms with Crippen LogP contribution >= 0.6 is 0 Å². The van der Waals surface area contributed by atoms with Gasteiger partial charge in [-0.25, -0.2) is 0 Å². The summed E-state index contributed by atoms with van der Waals surface area (Å²) in [7, 11) is 1.66. The van der Waals surface area contributed by atoms with Crippen molar-refractivity contribution in [3.8, 4) is 5.75 Å². The zero-order valence-corrected chi connectivity index (χ0v) is 12.2. The molecule has 0 spiro atoms. The number of methoxy groups -OCH3 is 1. The fourth-order valence-corrected chi connectivity index (χ4v) is 3.01. The fraction of sp³-hybridized carbons (Fsp3) is 0.625. The lowest BCUT2D eigenvalue weighted by atomic mass is 10.0. The Bertz CT molecular complexity index is 417. The Hall–Kier alpha value is -1.22. The third-order valence-electron chi connectivity index (χ3n) is 4.04. The second-order valence-corrected chi connectivity index (χ2v) is 5.46. The summed E-state index contributed by atoms with van der Waals surface area (Å²) in [6.07, 6.45) is 4.53. The Kier molecular flexibility index (Phi) is 4.70. The van der Waals surface area contributed by atoms with Gasteiger partial charge in [0.05, 0.1) is 13.2 Å². The van der Waals surface area contributed by atoms with E-state index in [1.807, 2.05) is 19.1 Å². The molecule has 0 radical (unpaired) electrons. The molecule has 3 heteroatoms. The van der Waals surface area contributed by atoms with Crippen LogP contribution in [0.5, 0.6) is 5.75 Å². The molecule has 106 valence electrons. The molecule has 1 unspecified atom stereocenters. The third-order valence-corrected chi connectivity index (χ3v) is 4.04. The Labute approximate surface area is 116 Å². The average Bonchev–Trinajstić information content (AvgIpc) is 2.62. The van der Waals surface area contributed by atoms with E-state index in [2.05, 4.69) is 17.9 Å². The Balaban J connectivity index is 2.42. The van der Waals surface area contributed by atoms with Crippen LogP contribution in [0.1, 0.15) is 51.2 Å². The molecule has 2 rings (SSSR count). The standard InChI is InChI=1S/C16H25NO2/c1-12-8-5-4-6-11-17(12)14-9-7-10-15(19-3)16(14)13(2)18/h7,9-10,12-13,18H,4-6,8,11H2,1-3H3/t12?,13-/m1/s1. The van der Waals surface area contributed by atoms with Gasteiger partial charge in [-0.05, 0) is 38.8 Å². The van der Waals surface area contributed by atoms with Crippen molar-refractivity contribution in [1.29, 1.82) is 0 Å². The Morgan fingerprint density at radius 2 is 2.11 bits per heavy atom. The van der Waals surface area contributed by atoms with Gasteiger partial charge in [0.25, 0.3) is 0 Å². The smallest absolute Gasteiger partial charge is 0.126 e. The highest BCUT2D eigenvalue weighted by Gasteiger charge is 2.23. The SMILES string of the molecule is COc1cccc(N2CCCCCC2C)c1[C@@H](C)O. The summed E-state index contributed by atoms with van der Waals surface area (Å²) >= 11 is 0. The average molecular weight is 263 g/mol. The topological polar surface area (TPSA) is 32.7 Å². The summed E-state index contributed by atoms with van der Waals surface area (Å²) in [5.74, 6) is 0.781. The molecule has 1 heterocycles. The summed E-state index contributed by atoms with van der Waals surface area (Å²) in [6.45, 7) is 5.15. The highest BCUT2D eigenvalue weighted by molar-refractivity contribution is 5.61. The molecule has 0 aliphatic carbocycles. The molecule has 1 aromatic carbocycles. The Morgan fingerprint density at radius 3 is 2.79 bits per heavy atom. The van der Waals surface area contributed by atoms with Gasteiger partial charge in [0.1, 0.15) is 5.75 Å². The molecule has 19 heavy (non-hydrogen) atoms. The first-order valence-electron chi connectivity index (χ1n) is 7.26. The van der Waals surface area contributed by atoms with Crippen LogP contribution in [0.2, 0.25) is 0 Å². The van der Waals surface area contributed by atoms with Gasteiger partial charge in [0.15, 0.2) is 0 Å². The maximum Gasteiger partial charge on any atom is 0.126 e. The Morgan fingerprint density at radius 1 is 1.32 bits per heavy atom. The van der Waals surface area contributed by atoms with Crippen molar-refractivity contribution in [1.82, 2.24) is 0 Å². The van der Waals surface area contributed by atoms with E-state index >= 15 is 0 Å². The summed E-state index contributed by atoms with van der Waals surface area (Å²) in [5.41, 5.74) is 2.04. The van der Waals surface area contributed by atoms with Crippen molar-refractivity contribution in [3.63, 3.8) is 0 Å². The van der Waals surface area contributed by atoms with Gasteiger partial charge in [-0.15, -0.1) is 0 Å². The summed E-state index contributed by atoms with van der Waals surface area (Å²) in [4.78, 5) is 2.43. The van der Waals surface area contributed by atoms with E-state index in [9.17, 15) is 5.11 Å². The van der Waals surface area contributed by atoms with E-state index in [0.717, 1.165) is 23.5 Å². The number of hydrogen-bond donors (Lipinski definition) is 1. The molecule has 1 saturated heterocycles. The van der Waals surface area contributed by atoms with E-state index in [0.29, 0.717) is 6.04 Å². The van der Waals surface area contributed by atoms with E-state index in [1.165, 1.54) is 25.7 Å². The van der Waals surface area contributed by atoms with Crippen molar-refractivity contribution in [3.05, 3.63) is 23.8 Å². The van der Waals surface area contributed by atoms with Crippen LogP contribution in [0, 0.1) is 0 Å². The predicted octanol–water partition coefficient (Wildman–Crippen LogP) is 3.52. The van der Waals surface area contributed by atoms with Crippen molar-refractivity contribution in [2.24, 2.45) is 0 Å². The first kappa shape index (κ1) is 14.2. The normalized spacial score (nSPS) is 21.9. The molecule has 1 aliphatic rings. The van der Waals surface area contributed by atoms with Gasteiger partial charge < -0.3 is 14.7 Å². The van der Waals surface area contributed by atoms with Gasteiger partial charge in [0, 0.05) is 23.8 Å². The summed E-state index contributed by atoms with van der Waals surface area (Å²) < 4.78 is 5.42. The fourth-order valence-electron chi connectivity index (χ4n) is 3.01. The number of aliphatic hydroxyl groups excluding tert-OH is 1. The summed E-state index contributed by atoms with van der Waals surface area (Å²) in [6, 6.07) is 6.56. The van der Waals surface area contributed by atoms with Gasteiger partial charge in [-0.2, -0.15) is 0 Å². The molecular weight excluding hydrogens is 238 g/mol. The van der Waals surface area contributed by atoms with Crippen LogP contribution in [0.25, 0.3) is 0 Å². The number of anilines is 1. The van der Waals surface area contributed by atoms with Crippen LogP contribution in [-0.4, -0.2) is 24.8 Å². The van der Waals surface area contributed by atoms with Crippen LogP contribution in [0.3, 0.4) is 0 Å². The van der Waals surface area contributed by atoms with Crippen LogP contribution in [0.4, 0.5) is 5.69 Å². The second kappa shape index (κ2) is 6.29. The van der Waals surface area contributed by atoms with Crippen molar-refractivity contribution < 1.29 is 9.84 Å². The van der Waals surface area contributed by atoms with Crippen LogP contribution in [0.15, 0.2) is 18.2 Å². The zero-order valence-electron chi connectivity index (χ0n) is 12.2. The largest absolute Gasteiger partial charge is 0.496 e. The number of aliphatic hydroxyl groups is 1. The van der Waals surface area contributed by atoms with E-state index < -0.39 is 6.10 Å². The minimum absolute atomic E-state index is 0.512. The maximum absolute atomic E-state index is 10.1. The quantitative estimate of drug-likeness (QED) is 0.905. The molecule has 1 N–H and O–H groups in total. The highest BCUT2D eigenvalue weighted by atomic mass is 16.5. The van der Waals surface area contributed by atoms with Gasteiger partial charge >= 0.3 is 0 Å². The zero-order chi connectivity index (χ0) is 13.8. The number of hydrogen-bond acceptors (Lipinski definition) is 3. The third kappa shape index (κ3) is 3.03. The van der Waals surface area contributed by atoms with Crippen molar-refractivity contribution in [2.75, 3.05) is 18.6 Å². The highest BCUT2D eigenvalue weighted by Crippen LogP contribution is 2.36. The molecule has 2 atom stereocenters. The van der Waals surface area contributed by atoms with Gasteiger partial charge in [0.2, 0.25) is 0 Å². The molecule has 0 aromatic heterocycles. The first-order chi connectivity index (χ1) is 9.15. The second-order valence-electron chi connectivity index (χ2n) is 5.46. The predicted molar refractivity (Wildman–Crippen MR) is 78.9 cm³/mol. The maximum atomic E-state index is 10.1. The lowest BCUT2D eigenvalue weighted by molar-refractivity contribution is 0.194. The van der Waals surface area contributed by atoms with Crippen LogP contribution < -0.4 is 9.64 Å². The van der Waals surface area contributed by atoms with Crippen LogP contribution in [-0.2, 0) is 0 Å². The van der Waals surface area contributed by atoms with Gasteiger partial charge in [-0.3, -0.25) is 0 Å². The minimum Gasteiger partial charge on any atom is -0.496 e. The molecule has 1 aliphatic heterocycles. The minimum atomic E-state index is -0.512. The van der Waals surface area contributed by atoms with E-state index in [-0.39, 0.29) is 0 Å². The van der Waals surface area contributed by atoms with E-state index in [1.54, 1.807) is 7.11 Å². The monoisotopic (exact) mass is 263 g/mol. The van der Waals surface area contributed by atoms with E-state index in [4.69, 9.17) is 4.74 Å². The first-order valence-corrected chi connectivity index (χ1v) is 7.26. The molecule has 1 aromatic rings.